The van der Waals surface area contributed by atoms with Gasteiger partial charge in [-0.3, -0.25) is 9.59 Å². The van der Waals surface area contributed by atoms with E-state index in [-0.39, 0.29) is 42.3 Å². The monoisotopic (exact) mass is 798 g/mol. The maximum atomic E-state index is 14.1. The van der Waals surface area contributed by atoms with Crippen LogP contribution in [0.1, 0.15) is 112 Å². The molecule has 0 unspecified atom stereocenters. The molecule has 0 aromatic carbocycles. The molecule has 5 atom stereocenters. The van der Waals surface area contributed by atoms with Gasteiger partial charge in [0.1, 0.15) is 48.4 Å². The number of nitrogens with one attached hydrogen (secondary N) is 2. The molecule has 56 heavy (non-hydrogen) atoms. The Morgan fingerprint density at radius 2 is 1.73 bits per heavy atom. The van der Waals surface area contributed by atoms with Crippen molar-refractivity contribution in [3.05, 3.63) is 24.2 Å². The number of carbonyl (C=O) groups excluding carboxylic acids is 4. The molecule has 2 N–H and O–H groups in total. The van der Waals surface area contributed by atoms with Gasteiger partial charge in [-0.1, -0.05) is 53.4 Å². The predicted octanol–water partition coefficient (Wildman–Crippen LogP) is 6.81. The number of ether oxygens (including phenoxy) is 4. The number of esters is 2. The van der Waals surface area contributed by atoms with Crippen molar-refractivity contribution in [2.45, 2.75) is 161 Å². The zero-order valence-corrected chi connectivity index (χ0v) is 35.8. The van der Waals surface area contributed by atoms with Crippen molar-refractivity contribution in [3.8, 4) is 6.07 Å². The van der Waals surface area contributed by atoms with Crippen LogP contribution in [0.25, 0.3) is 5.52 Å². The predicted molar refractivity (Wildman–Crippen MR) is 211 cm³/mol. The summed E-state index contributed by atoms with van der Waals surface area (Å²) in [5.74, 6) is -1.60. The number of hydrogen-bond acceptors (Lipinski definition) is 12. The SMILES string of the molecule is CCC(CC)C(=O)Nc1ncnn2c([C@]3(C#N)O[C@H](COC(=O)CC4CCCCCC4)[C@@H](OC(=O)[C@@H](NC(=O)OC(C)(C)C)C(C)C)[C@H]3O[Si](C)(C)C)ccc12. The van der Waals surface area contributed by atoms with Gasteiger partial charge in [0.2, 0.25) is 11.5 Å². The molecule has 2 aromatic rings. The second kappa shape index (κ2) is 18.9. The average Bonchev–Trinajstić information content (AvgIpc) is 3.55. The van der Waals surface area contributed by atoms with E-state index in [1.807, 2.05) is 33.5 Å². The van der Waals surface area contributed by atoms with E-state index in [0.717, 1.165) is 38.5 Å². The van der Waals surface area contributed by atoms with Crippen molar-refractivity contribution < 1.29 is 42.6 Å². The molecule has 0 bridgehead atoms. The molecule has 16 heteroatoms. The van der Waals surface area contributed by atoms with Crippen LogP contribution < -0.4 is 10.6 Å². The minimum atomic E-state index is -2.58. The maximum absolute atomic E-state index is 14.1. The number of nitriles is 1. The van der Waals surface area contributed by atoms with Gasteiger partial charge >= 0.3 is 18.0 Å². The second-order valence-corrected chi connectivity index (χ2v) is 21.8. The van der Waals surface area contributed by atoms with Crippen LogP contribution in [0.15, 0.2) is 18.5 Å². The van der Waals surface area contributed by atoms with Gasteiger partial charge in [0.25, 0.3) is 0 Å². The minimum absolute atomic E-state index is 0.192. The third-order valence-corrected chi connectivity index (χ3v) is 11.1. The Balaban J connectivity index is 1.77. The molecule has 15 nitrogen and oxygen atoms in total. The molecule has 3 heterocycles. The Bertz CT molecular complexity index is 1720. The Morgan fingerprint density at radius 3 is 2.30 bits per heavy atom. The first-order chi connectivity index (χ1) is 26.3. The number of carbonyl (C=O) groups is 4. The molecule has 0 radical (unpaired) electrons. The summed E-state index contributed by atoms with van der Waals surface area (Å²) in [7, 11) is -2.58. The number of fused-ring (bicyclic) bond motifs is 1. The van der Waals surface area contributed by atoms with Crippen molar-refractivity contribution in [1.82, 2.24) is 19.9 Å². The van der Waals surface area contributed by atoms with Crippen LogP contribution in [-0.2, 0) is 43.4 Å². The van der Waals surface area contributed by atoms with Gasteiger partial charge < -0.3 is 34.0 Å². The molecule has 1 aliphatic carbocycles. The molecule has 0 spiro atoms. The zero-order chi connectivity index (χ0) is 41.4. The number of nitrogens with zero attached hydrogens (tertiary/aromatic N) is 4. The van der Waals surface area contributed by atoms with Crippen molar-refractivity contribution in [2.24, 2.45) is 17.8 Å². The van der Waals surface area contributed by atoms with E-state index in [1.54, 1.807) is 46.8 Å². The average molecular weight is 799 g/mol. The lowest BCUT2D eigenvalue weighted by Gasteiger charge is -2.34. The standard InChI is InChI=1S/C40H62N6O9Si/c1-11-27(12-2)36(48)45-35-28-19-20-30(46(28)43-24-42-35)40(23-41)34(55-56(8,9)10)33(52-37(49)32(25(3)4)44-38(50)54-39(5,6)7)29(53-40)22-51-31(47)21-26-17-15-13-14-16-18-26/h19-20,24-27,29,32-34H,11-18,21-22H2,1-10H3,(H,44,50)(H,42,43,45,48)/t29-,32+,33-,34-,40+/m1/s1. The number of amides is 2. The first kappa shape index (κ1) is 44.6. The Labute approximate surface area is 332 Å². The number of anilines is 1. The van der Waals surface area contributed by atoms with Gasteiger partial charge in [0, 0.05) is 12.3 Å². The minimum Gasteiger partial charge on any atom is -0.463 e. The van der Waals surface area contributed by atoms with Gasteiger partial charge in [-0.15, -0.1) is 0 Å². The molecule has 1 aliphatic heterocycles. The summed E-state index contributed by atoms with van der Waals surface area (Å²) in [4.78, 5) is 57.8. The van der Waals surface area contributed by atoms with Crippen LogP contribution in [0.4, 0.5) is 10.6 Å². The van der Waals surface area contributed by atoms with Crippen LogP contribution in [-0.4, -0.2) is 83.4 Å². The van der Waals surface area contributed by atoms with E-state index in [1.165, 1.54) is 10.8 Å². The van der Waals surface area contributed by atoms with Gasteiger partial charge in [-0.25, -0.2) is 19.1 Å². The first-order valence-electron chi connectivity index (χ1n) is 20.1. The molecule has 1 saturated carbocycles. The van der Waals surface area contributed by atoms with Crippen molar-refractivity contribution in [2.75, 3.05) is 11.9 Å². The van der Waals surface area contributed by atoms with E-state index in [0.29, 0.717) is 18.4 Å². The fourth-order valence-electron chi connectivity index (χ4n) is 7.32. The maximum Gasteiger partial charge on any atom is 0.408 e. The highest BCUT2D eigenvalue weighted by Crippen LogP contribution is 2.45. The van der Waals surface area contributed by atoms with Gasteiger partial charge in [0.05, 0.1) is 5.69 Å². The van der Waals surface area contributed by atoms with E-state index in [9.17, 15) is 24.4 Å². The van der Waals surface area contributed by atoms with Crippen molar-refractivity contribution >= 4 is 43.6 Å². The van der Waals surface area contributed by atoms with Crippen molar-refractivity contribution in [1.29, 1.82) is 5.26 Å². The zero-order valence-electron chi connectivity index (χ0n) is 34.8. The lowest BCUT2D eigenvalue weighted by Crippen LogP contribution is -2.53. The van der Waals surface area contributed by atoms with E-state index < -0.39 is 67.8 Å². The Morgan fingerprint density at radius 1 is 1.07 bits per heavy atom. The lowest BCUT2D eigenvalue weighted by atomic mass is 9.92. The largest absolute Gasteiger partial charge is 0.463 e. The van der Waals surface area contributed by atoms with Gasteiger partial charge in [-0.05, 0) is 90.1 Å². The lowest BCUT2D eigenvalue weighted by molar-refractivity contribution is -0.163. The molecule has 2 fully saturated rings. The molecular formula is C40H62N6O9Si. The molecule has 2 amide bonds. The van der Waals surface area contributed by atoms with Crippen LogP contribution in [0, 0.1) is 29.1 Å². The Hall–Kier alpha value is -4.07. The summed E-state index contributed by atoms with van der Waals surface area (Å²) in [6, 6.07) is 4.50. The fraction of sp³-hybridized carbons (Fsp3) is 0.725. The summed E-state index contributed by atoms with van der Waals surface area (Å²) in [5.41, 5.74) is -2.13. The molecule has 310 valence electrons. The molecule has 4 rings (SSSR count). The molecule has 2 aromatic heterocycles. The molecule has 2 aliphatic rings. The second-order valence-electron chi connectivity index (χ2n) is 17.3. The number of alkyl carbamates (subject to hydrolysis) is 1. The van der Waals surface area contributed by atoms with Crippen LogP contribution in [0.5, 0.6) is 0 Å². The fourth-order valence-corrected chi connectivity index (χ4v) is 8.38. The molecular weight excluding hydrogens is 737 g/mol. The third kappa shape index (κ3) is 11.3. The Kier molecular flexibility index (Phi) is 15.1. The van der Waals surface area contributed by atoms with Crippen LogP contribution in [0.2, 0.25) is 19.6 Å². The van der Waals surface area contributed by atoms with Gasteiger partial charge in [-0.2, -0.15) is 10.4 Å². The topological polar surface area (TPSA) is 192 Å². The third-order valence-electron chi connectivity index (χ3n) is 10.2. The number of hydrogen-bond donors (Lipinski definition) is 2. The van der Waals surface area contributed by atoms with E-state index >= 15 is 0 Å². The number of aromatic nitrogens is 3. The summed E-state index contributed by atoms with van der Waals surface area (Å²) in [5, 5.41) is 21.2. The normalized spacial score (nSPS) is 22.7. The highest BCUT2D eigenvalue weighted by Gasteiger charge is 2.62. The quantitative estimate of drug-likeness (QED) is 0.0830. The van der Waals surface area contributed by atoms with Crippen LogP contribution in [0.3, 0.4) is 0 Å². The number of rotatable bonds is 15. The highest BCUT2D eigenvalue weighted by atomic mass is 28.4. The highest BCUT2D eigenvalue weighted by molar-refractivity contribution is 6.69. The van der Waals surface area contributed by atoms with Crippen molar-refractivity contribution in [3.63, 3.8) is 0 Å². The summed E-state index contributed by atoms with van der Waals surface area (Å²) in [6.07, 6.45) is 4.66. The van der Waals surface area contributed by atoms with E-state index in [4.69, 9.17) is 23.4 Å². The summed E-state index contributed by atoms with van der Waals surface area (Å²) in [6.45, 7) is 18.0. The molecule has 1 saturated heterocycles. The van der Waals surface area contributed by atoms with Crippen LogP contribution >= 0.6 is 0 Å². The summed E-state index contributed by atoms with van der Waals surface area (Å²) >= 11 is 0. The smallest absolute Gasteiger partial charge is 0.408 e. The van der Waals surface area contributed by atoms with E-state index in [2.05, 4.69) is 26.8 Å². The summed E-state index contributed by atoms with van der Waals surface area (Å²) < 4.78 is 32.4. The van der Waals surface area contributed by atoms with Gasteiger partial charge in [0.15, 0.2) is 20.2 Å². The first-order valence-corrected chi connectivity index (χ1v) is 23.5.